The molecule has 10 heavy (non-hydrogen) atoms. The Labute approximate surface area is 62.2 Å². The Kier molecular flexibility index (Phi) is 2.69. The highest BCUT2D eigenvalue weighted by Gasteiger charge is 2.26. The van der Waals surface area contributed by atoms with Gasteiger partial charge in [-0.05, 0) is 25.2 Å². The monoisotopic (exact) mass is 144 g/mol. The Balaban J connectivity index is 2.38. The van der Waals surface area contributed by atoms with Gasteiger partial charge < -0.3 is 9.84 Å². The van der Waals surface area contributed by atoms with Crippen LogP contribution in [0.15, 0.2) is 0 Å². The van der Waals surface area contributed by atoms with Gasteiger partial charge in [-0.2, -0.15) is 0 Å². The molecule has 0 radical (unpaired) electrons. The summed E-state index contributed by atoms with van der Waals surface area (Å²) in [4.78, 5) is 0. The van der Waals surface area contributed by atoms with Gasteiger partial charge in [-0.3, -0.25) is 0 Å². The molecule has 0 aromatic rings. The molecule has 2 nitrogen and oxygen atoms in total. The van der Waals surface area contributed by atoms with Crippen LogP contribution in [-0.4, -0.2) is 24.4 Å². The zero-order chi connectivity index (χ0) is 7.56. The van der Waals surface area contributed by atoms with Gasteiger partial charge in [0.1, 0.15) is 0 Å². The fourth-order valence-electron chi connectivity index (χ4n) is 1.57. The number of hydrogen-bond acceptors (Lipinski definition) is 2. The normalized spacial score (nSPS) is 41.7. The molecule has 0 heterocycles. The number of rotatable bonds is 1. The van der Waals surface area contributed by atoms with Crippen molar-refractivity contribution in [3.63, 3.8) is 0 Å². The van der Waals surface area contributed by atoms with Crippen LogP contribution in [0.2, 0.25) is 0 Å². The smallest absolute Gasteiger partial charge is 0.0832 e. The quantitative estimate of drug-likeness (QED) is 0.599. The number of methoxy groups -OCH3 is 1. The SMILES string of the molecule is CO[C@H]1C[C@H](C)CC[C@H]1O. The lowest BCUT2D eigenvalue weighted by Crippen LogP contribution is -2.34. The Morgan fingerprint density at radius 2 is 2.10 bits per heavy atom. The van der Waals surface area contributed by atoms with Crippen LogP contribution in [0.3, 0.4) is 0 Å². The Hall–Kier alpha value is -0.0800. The van der Waals surface area contributed by atoms with Gasteiger partial charge in [0.25, 0.3) is 0 Å². The Bertz CT molecular complexity index is 103. The average molecular weight is 144 g/mol. The molecule has 1 saturated carbocycles. The molecule has 1 fully saturated rings. The molecule has 0 aliphatic heterocycles. The van der Waals surface area contributed by atoms with Crippen LogP contribution in [-0.2, 0) is 4.74 Å². The lowest BCUT2D eigenvalue weighted by Gasteiger charge is -2.30. The third-order valence-corrected chi connectivity index (χ3v) is 2.32. The van der Waals surface area contributed by atoms with Crippen molar-refractivity contribution in [1.29, 1.82) is 0 Å². The molecule has 1 rings (SSSR count). The summed E-state index contributed by atoms with van der Waals surface area (Å²) >= 11 is 0. The maximum atomic E-state index is 9.36. The van der Waals surface area contributed by atoms with Gasteiger partial charge >= 0.3 is 0 Å². The van der Waals surface area contributed by atoms with Crippen molar-refractivity contribution in [3.05, 3.63) is 0 Å². The molecule has 60 valence electrons. The minimum atomic E-state index is -0.221. The van der Waals surface area contributed by atoms with Gasteiger partial charge in [-0.15, -0.1) is 0 Å². The minimum Gasteiger partial charge on any atom is -0.390 e. The van der Waals surface area contributed by atoms with E-state index in [2.05, 4.69) is 6.92 Å². The van der Waals surface area contributed by atoms with Crippen molar-refractivity contribution in [2.24, 2.45) is 5.92 Å². The highest BCUT2D eigenvalue weighted by atomic mass is 16.5. The molecular formula is C8H16O2. The fourth-order valence-corrected chi connectivity index (χ4v) is 1.57. The molecule has 0 saturated heterocycles. The van der Waals surface area contributed by atoms with Crippen LogP contribution in [0, 0.1) is 5.92 Å². The minimum absolute atomic E-state index is 0.0868. The van der Waals surface area contributed by atoms with Gasteiger partial charge in [0.2, 0.25) is 0 Å². The highest BCUT2D eigenvalue weighted by Crippen LogP contribution is 2.25. The lowest BCUT2D eigenvalue weighted by molar-refractivity contribution is -0.0481. The van der Waals surface area contributed by atoms with Crippen LogP contribution in [0.4, 0.5) is 0 Å². The molecule has 1 N–H and O–H groups in total. The number of aliphatic hydroxyl groups excluding tert-OH is 1. The fraction of sp³-hybridized carbons (Fsp3) is 1.00. The van der Waals surface area contributed by atoms with Crippen molar-refractivity contribution >= 4 is 0 Å². The van der Waals surface area contributed by atoms with E-state index in [9.17, 15) is 5.11 Å². The molecule has 1 aliphatic carbocycles. The van der Waals surface area contributed by atoms with Crippen molar-refractivity contribution in [2.45, 2.75) is 38.4 Å². The summed E-state index contributed by atoms with van der Waals surface area (Å²) in [5.41, 5.74) is 0. The van der Waals surface area contributed by atoms with E-state index >= 15 is 0 Å². The molecular weight excluding hydrogens is 128 g/mol. The maximum Gasteiger partial charge on any atom is 0.0832 e. The van der Waals surface area contributed by atoms with E-state index in [1.165, 1.54) is 0 Å². The molecule has 0 aromatic carbocycles. The van der Waals surface area contributed by atoms with Crippen LogP contribution >= 0.6 is 0 Å². The molecule has 0 spiro atoms. The first-order chi connectivity index (χ1) is 4.74. The van der Waals surface area contributed by atoms with Crippen molar-refractivity contribution in [3.8, 4) is 0 Å². The van der Waals surface area contributed by atoms with Crippen molar-refractivity contribution in [1.82, 2.24) is 0 Å². The largest absolute Gasteiger partial charge is 0.390 e. The molecule has 0 bridgehead atoms. The average Bonchev–Trinajstić information content (AvgIpc) is 1.94. The molecule has 3 atom stereocenters. The summed E-state index contributed by atoms with van der Waals surface area (Å²) < 4.78 is 5.12. The zero-order valence-electron chi connectivity index (χ0n) is 6.71. The van der Waals surface area contributed by atoms with Gasteiger partial charge in [-0.1, -0.05) is 6.92 Å². The van der Waals surface area contributed by atoms with Gasteiger partial charge in [0, 0.05) is 7.11 Å². The van der Waals surface area contributed by atoms with Crippen LogP contribution in [0.25, 0.3) is 0 Å². The molecule has 0 aromatic heterocycles. The standard InChI is InChI=1S/C8H16O2/c1-6-3-4-7(9)8(5-6)10-2/h6-9H,3-5H2,1-2H3/t6-,7-,8+/m1/s1. The van der Waals surface area contributed by atoms with E-state index in [-0.39, 0.29) is 12.2 Å². The first kappa shape index (κ1) is 8.02. The maximum absolute atomic E-state index is 9.36. The van der Waals surface area contributed by atoms with Gasteiger partial charge in [-0.25, -0.2) is 0 Å². The second-order valence-electron chi connectivity index (χ2n) is 3.26. The topological polar surface area (TPSA) is 29.5 Å². The number of hydrogen-bond donors (Lipinski definition) is 1. The third kappa shape index (κ3) is 1.70. The predicted octanol–water partition coefficient (Wildman–Crippen LogP) is 1.18. The van der Waals surface area contributed by atoms with Crippen LogP contribution in [0.5, 0.6) is 0 Å². The molecule has 1 aliphatic rings. The summed E-state index contributed by atoms with van der Waals surface area (Å²) in [5, 5.41) is 9.36. The van der Waals surface area contributed by atoms with E-state index in [1.54, 1.807) is 7.11 Å². The number of ether oxygens (including phenoxy) is 1. The van der Waals surface area contributed by atoms with Gasteiger partial charge in [0.05, 0.1) is 12.2 Å². The summed E-state index contributed by atoms with van der Waals surface area (Å²) in [5.74, 6) is 0.716. The highest BCUT2D eigenvalue weighted by molar-refractivity contribution is 4.77. The number of aliphatic hydroxyl groups is 1. The summed E-state index contributed by atoms with van der Waals surface area (Å²) in [6.07, 6.45) is 2.92. The summed E-state index contributed by atoms with van der Waals surface area (Å²) in [6, 6.07) is 0. The van der Waals surface area contributed by atoms with E-state index in [4.69, 9.17) is 4.74 Å². The summed E-state index contributed by atoms with van der Waals surface area (Å²) in [7, 11) is 1.67. The third-order valence-electron chi connectivity index (χ3n) is 2.32. The van der Waals surface area contributed by atoms with E-state index in [1.807, 2.05) is 0 Å². The second-order valence-corrected chi connectivity index (χ2v) is 3.26. The molecule has 2 heteroatoms. The first-order valence-electron chi connectivity index (χ1n) is 3.95. The summed E-state index contributed by atoms with van der Waals surface area (Å²) in [6.45, 7) is 2.21. The predicted molar refractivity (Wildman–Crippen MR) is 39.8 cm³/mol. The lowest BCUT2D eigenvalue weighted by atomic mass is 9.87. The van der Waals surface area contributed by atoms with E-state index in [0.29, 0.717) is 5.92 Å². The van der Waals surface area contributed by atoms with Crippen molar-refractivity contribution < 1.29 is 9.84 Å². The van der Waals surface area contributed by atoms with Crippen molar-refractivity contribution in [2.75, 3.05) is 7.11 Å². The Morgan fingerprint density at radius 3 is 2.60 bits per heavy atom. The Morgan fingerprint density at radius 1 is 1.40 bits per heavy atom. The first-order valence-corrected chi connectivity index (χ1v) is 3.95. The van der Waals surface area contributed by atoms with E-state index in [0.717, 1.165) is 19.3 Å². The molecule has 0 unspecified atom stereocenters. The van der Waals surface area contributed by atoms with E-state index < -0.39 is 0 Å². The van der Waals surface area contributed by atoms with Gasteiger partial charge in [0.15, 0.2) is 0 Å². The molecule has 0 amide bonds. The van der Waals surface area contributed by atoms with Crippen LogP contribution in [0.1, 0.15) is 26.2 Å². The second kappa shape index (κ2) is 3.35. The zero-order valence-corrected chi connectivity index (χ0v) is 6.71. The van der Waals surface area contributed by atoms with Crippen LogP contribution < -0.4 is 0 Å².